The number of nitrogens with zero attached hydrogens (tertiary/aromatic N) is 3. The third kappa shape index (κ3) is 4.28. The summed E-state index contributed by atoms with van der Waals surface area (Å²) in [6.45, 7) is 3.91. The summed E-state index contributed by atoms with van der Waals surface area (Å²) in [6.07, 6.45) is 0.814. The van der Waals surface area contributed by atoms with Crippen molar-refractivity contribution in [2.75, 3.05) is 13.1 Å². The van der Waals surface area contributed by atoms with Crippen molar-refractivity contribution >= 4 is 16.0 Å². The maximum Gasteiger partial charge on any atom is 0.338 e. The summed E-state index contributed by atoms with van der Waals surface area (Å²) in [5.41, 5.74) is 0.0631. The van der Waals surface area contributed by atoms with Gasteiger partial charge in [-0.3, -0.25) is 0 Å². The summed E-state index contributed by atoms with van der Waals surface area (Å²) >= 11 is 0. The zero-order valence-corrected chi connectivity index (χ0v) is 16.2. The SMILES string of the molecule is Cc1cc(OC2CCCN(S(=O)(=O)c3ccc(F)c(C(=O)O)c3)C2)nc(C)n1. The van der Waals surface area contributed by atoms with Crippen molar-refractivity contribution in [2.45, 2.75) is 37.7 Å². The number of hydrogen-bond donors (Lipinski definition) is 1. The summed E-state index contributed by atoms with van der Waals surface area (Å²) in [5.74, 6) is -1.57. The summed E-state index contributed by atoms with van der Waals surface area (Å²) in [6, 6.07) is 4.44. The van der Waals surface area contributed by atoms with Crippen molar-refractivity contribution in [2.24, 2.45) is 0 Å². The number of aromatic nitrogens is 2. The van der Waals surface area contributed by atoms with Crippen molar-refractivity contribution in [1.29, 1.82) is 0 Å². The minimum atomic E-state index is -3.99. The van der Waals surface area contributed by atoms with Crippen LogP contribution in [0.5, 0.6) is 5.88 Å². The van der Waals surface area contributed by atoms with Crippen LogP contribution in [-0.4, -0.2) is 53.0 Å². The van der Waals surface area contributed by atoms with Crippen LogP contribution in [0, 0.1) is 19.7 Å². The van der Waals surface area contributed by atoms with E-state index in [1.54, 1.807) is 13.0 Å². The maximum absolute atomic E-state index is 13.6. The predicted molar refractivity (Wildman–Crippen MR) is 97.3 cm³/mol. The molecule has 8 nitrogen and oxygen atoms in total. The smallest absolute Gasteiger partial charge is 0.338 e. The van der Waals surface area contributed by atoms with E-state index < -0.39 is 33.5 Å². The highest BCUT2D eigenvalue weighted by Gasteiger charge is 2.32. The number of aryl methyl sites for hydroxylation is 2. The Kier molecular flexibility index (Phi) is 5.61. The van der Waals surface area contributed by atoms with Crippen LogP contribution in [0.2, 0.25) is 0 Å². The molecule has 0 radical (unpaired) electrons. The molecule has 0 aliphatic carbocycles. The van der Waals surface area contributed by atoms with Gasteiger partial charge in [0.25, 0.3) is 0 Å². The molecule has 3 rings (SSSR count). The molecule has 10 heteroatoms. The van der Waals surface area contributed by atoms with Crippen LogP contribution >= 0.6 is 0 Å². The minimum absolute atomic E-state index is 0.0875. The lowest BCUT2D eigenvalue weighted by molar-refractivity contribution is 0.0691. The van der Waals surface area contributed by atoms with E-state index in [2.05, 4.69) is 9.97 Å². The number of carboxylic acid groups (broad SMARTS) is 1. The number of benzene rings is 1. The Hall–Kier alpha value is -2.59. The molecule has 0 spiro atoms. The van der Waals surface area contributed by atoms with Gasteiger partial charge in [-0.1, -0.05) is 0 Å². The molecule has 1 fully saturated rings. The molecule has 2 aromatic rings. The zero-order valence-electron chi connectivity index (χ0n) is 15.4. The van der Waals surface area contributed by atoms with E-state index in [9.17, 15) is 17.6 Å². The van der Waals surface area contributed by atoms with Crippen molar-refractivity contribution in [3.8, 4) is 5.88 Å². The van der Waals surface area contributed by atoms with E-state index in [1.165, 1.54) is 4.31 Å². The second kappa shape index (κ2) is 7.80. The lowest BCUT2D eigenvalue weighted by atomic mass is 10.1. The lowest BCUT2D eigenvalue weighted by Gasteiger charge is -2.32. The number of carbonyl (C=O) groups is 1. The van der Waals surface area contributed by atoms with Crippen LogP contribution in [0.4, 0.5) is 4.39 Å². The first-order valence-electron chi connectivity index (χ1n) is 8.69. The van der Waals surface area contributed by atoms with Gasteiger partial charge in [-0.25, -0.2) is 22.6 Å². The van der Waals surface area contributed by atoms with E-state index in [-0.39, 0.29) is 18.0 Å². The minimum Gasteiger partial charge on any atom is -0.478 e. The number of sulfonamides is 1. The molecule has 1 atom stereocenters. The highest BCUT2D eigenvalue weighted by molar-refractivity contribution is 7.89. The normalized spacial score (nSPS) is 18.0. The quantitative estimate of drug-likeness (QED) is 0.806. The first kappa shape index (κ1) is 20.2. The third-order valence-electron chi connectivity index (χ3n) is 4.38. The van der Waals surface area contributed by atoms with Crippen LogP contribution in [-0.2, 0) is 10.0 Å². The number of aromatic carboxylic acids is 1. The fourth-order valence-corrected chi connectivity index (χ4v) is 4.65. The molecule has 150 valence electrons. The predicted octanol–water partition coefficient (Wildman–Crippen LogP) is 2.16. The van der Waals surface area contributed by atoms with Crippen LogP contribution in [0.15, 0.2) is 29.2 Å². The summed E-state index contributed by atoms with van der Waals surface area (Å²) < 4.78 is 46.5. The van der Waals surface area contributed by atoms with Gasteiger partial charge in [0.15, 0.2) is 0 Å². The van der Waals surface area contributed by atoms with Gasteiger partial charge < -0.3 is 9.84 Å². The van der Waals surface area contributed by atoms with Gasteiger partial charge in [-0.15, -0.1) is 0 Å². The highest BCUT2D eigenvalue weighted by atomic mass is 32.2. The van der Waals surface area contributed by atoms with Gasteiger partial charge in [0.2, 0.25) is 15.9 Å². The number of carboxylic acids is 1. The highest BCUT2D eigenvalue weighted by Crippen LogP contribution is 2.25. The summed E-state index contributed by atoms with van der Waals surface area (Å²) in [7, 11) is -3.99. The van der Waals surface area contributed by atoms with Gasteiger partial charge in [0.1, 0.15) is 17.7 Å². The van der Waals surface area contributed by atoms with Gasteiger partial charge in [0.05, 0.1) is 17.0 Å². The molecule has 1 saturated heterocycles. The molecule has 0 bridgehead atoms. The van der Waals surface area contributed by atoms with Crippen LogP contribution in [0.25, 0.3) is 0 Å². The van der Waals surface area contributed by atoms with E-state index in [0.29, 0.717) is 24.5 Å². The number of halogens is 1. The lowest BCUT2D eigenvalue weighted by Crippen LogP contribution is -2.44. The molecule has 2 heterocycles. The Bertz CT molecular complexity index is 992. The van der Waals surface area contributed by atoms with Gasteiger partial charge in [-0.05, 0) is 44.9 Å². The molecule has 0 amide bonds. The number of piperidine rings is 1. The van der Waals surface area contributed by atoms with Crippen LogP contribution in [0.3, 0.4) is 0 Å². The Morgan fingerprint density at radius 3 is 2.71 bits per heavy atom. The van der Waals surface area contributed by atoms with E-state index >= 15 is 0 Å². The topological polar surface area (TPSA) is 110 Å². The second-order valence-electron chi connectivity index (χ2n) is 6.59. The van der Waals surface area contributed by atoms with Crippen molar-refractivity contribution in [3.05, 3.63) is 47.2 Å². The molecular formula is C18H20FN3O5S. The fraction of sp³-hybridized carbons (Fsp3) is 0.389. The largest absolute Gasteiger partial charge is 0.478 e. The third-order valence-corrected chi connectivity index (χ3v) is 6.24. The molecular weight excluding hydrogens is 389 g/mol. The average molecular weight is 409 g/mol. The van der Waals surface area contributed by atoms with E-state index in [4.69, 9.17) is 9.84 Å². The average Bonchev–Trinajstić information content (AvgIpc) is 2.61. The summed E-state index contributed by atoms with van der Waals surface area (Å²) in [5, 5.41) is 9.04. The second-order valence-corrected chi connectivity index (χ2v) is 8.52. The van der Waals surface area contributed by atoms with Gasteiger partial charge >= 0.3 is 5.97 Å². The fourth-order valence-electron chi connectivity index (χ4n) is 3.11. The number of hydrogen-bond acceptors (Lipinski definition) is 6. The molecule has 1 aliphatic heterocycles. The van der Waals surface area contributed by atoms with Gasteiger partial charge in [-0.2, -0.15) is 9.29 Å². The Morgan fingerprint density at radius 2 is 2.04 bits per heavy atom. The molecule has 1 aromatic carbocycles. The first-order valence-corrected chi connectivity index (χ1v) is 10.1. The Labute approximate surface area is 162 Å². The molecule has 1 aliphatic rings. The Balaban J connectivity index is 1.81. The monoisotopic (exact) mass is 409 g/mol. The zero-order chi connectivity index (χ0) is 20.5. The van der Waals surface area contributed by atoms with Crippen molar-refractivity contribution in [1.82, 2.24) is 14.3 Å². The summed E-state index contributed by atoms with van der Waals surface area (Å²) in [4.78, 5) is 19.2. The Morgan fingerprint density at radius 1 is 1.29 bits per heavy atom. The van der Waals surface area contributed by atoms with Gasteiger partial charge in [0, 0.05) is 18.3 Å². The van der Waals surface area contributed by atoms with Crippen molar-refractivity contribution in [3.63, 3.8) is 0 Å². The molecule has 1 unspecified atom stereocenters. The van der Waals surface area contributed by atoms with Crippen LogP contribution < -0.4 is 4.74 Å². The van der Waals surface area contributed by atoms with Crippen molar-refractivity contribution < 1.29 is 27.4 Å². The first-order chi connectivity index (χ1) is 13.2. The van der Waals surface area contributed by atoms with E-state index in [0.717, 1.165) is 23.9 Å². The van der Waals surface area contributed by atoms with E-state index in [1.807, 2.05) is 6.92 Å². The molecule has 0 saturated carbocycles. The van der Waals surface area contributed by atoms with Crippen LogP contribution in [0.1, 0.15) is 34.7 Å². The molecule has 1 N–H and O–H groups in total. The molecule has 28 heavy (non-hydrogen) atoms. The maximum atomic E-state index is 13.6. The number of ether oxygens (including phenoxy) is 1. The number of rotatable bonds is 5. The molecule has 1 aromatic heterocycles. The standard InChI is InChI=1S/C18H20FN3O5S/c1-11-8-17(21-12(2)20-11)27-13-4-3-7-22(10-13)28(25,26)14-5-6-16(19)15(9-14)18(23)24/h5-6,8-9,13H,3-4,7,10H2,1-2H3,(H,23,24).